The summed E-state index contributed by atoms with van der Waals surface area (Å²) in [5.41, 5.74) is 13.1. The average molecular weight is 756 g/mol. The van der Waals surface area contributed by atoms with E-state index in [0.29, 0.717) is 0 Å². The van der Waals surface area contributed by atoms with Gasteiger partial charge in [0.2, 0.25) is 0 Å². The molecule has 13 rings (SSSR count). The first-order chi connectivity index (χ1) is 28.8. The minimum atomic E-state index is 1.14. The molecular weight excluding hydrogens is 723 g/mol. The second kappa shape index (κ2) is 12.1. The summed E-state index contributed by atoms with van der Waals surface area (Å²) in [6.07, 6.45) is 0. The number of fused-ring (bicyclic) bond motifs is 12. The highest BCUT2D eigenvalue weighted by Crippen LogP contribution is 2.41. The van der Waals surface area contributed by atoms with E-state index in [1.165, 1.54) is 96.7 Å². The van der Waals surface area contributed by atoms with Crippen molar-refractivity contribution >= 4 is 96.9 Å². The van der Waals surface area contributed by atoms with E-state index in [2.05, 4.69) is 214 Å². The summed E-state index contributed by atoms with van der Waals surface area (Å²) in [4.78, 5) is 0. The lowest BCUT2D eigenvalue weighted by molar-refractivity contribution is 1.14. The molecule has 0 unspecified atom stereocenters. The summed E-state index contributed by atoms with van der Waals surface area (Å²) in [5, 5.41) is 10.2. The molecule has 0 radical (unpaired) electrons. The lowest BCUT2D eigenvalue weighted by atomic mass is 10.0. The fourth-order valence-corrected chi connectivity index (χ4v) is 10.8. The Morgan fingerprint density at radius 3 is 1.28 bits per heavy atom. The molecule has 270 valence electrons. The van der Waals surface area contributed by atoms with Crippen molar-refractivity contribution in [3.63, 3.8) is 0 Å². The molecule has 0 N–H and O–H groups in total. The van der Waals surface area contributed by atoms with Crippen molar-refractivity contribution in [3.8, 4) is 28.2 Å². The van der Waals surface area contributed by atoms with Gasteiger partial charge in [0.15, 0.2) is 0 Å². The van der Waals surface area contributed by atoms with E-state index in [1.807, 2.05) is 11.3 Å². The Kier molecular flexibility index (Phi) is 6.60. The van der Waals surface area contributed by atoms with Gasteiger partial charge in [-0.1, -0.05) is 115 Å². The number of hydrogen-bond acceptors (Lipinski definition) is 1. The summed E-state index contributed by atoms with van der Waals surface area (Å²) in [6, 6.07) is 73.7. The molecule has 4 heterocycles. The molecule has 3 nitrogen and oxygen atoms in total. The second-order valence-electron chi connectivity index (χ2n) is 15.3. The minimum absolute atomic E-state index is 1.14. The van der Waals surface area contributed by atoms with E-state index in [4.69, 9.17) is 0 Å². The fourth-order valence-electron chi connectivity index (χ4n) is 9.67. The largest absolute Gasteiger partial charge is 0.309 e. The Morgan fingerprint density at radius 1 is 0.241 bits per heavy atom. The average Bonchev–Trinajstić information content (AvgIpc) is 4.02. The molecule has 0 aliphatic heterocycles. The molecule has 4 aromatic heterocycles. The molecule has 0 bridgehead atoms. The Labute approximate surface area is 337 Å². The van der Waals surface area contributed by atoms with Crippen LogP contribution in [0.4, 0.5) is 0 Å². The molecule has 0 spiro atoms. The van der Waals surface area contributed by atoms with Crippen molar-refractivity contribution in [2.24, 2.45) is 0 Å². The van der Waals surface area contributed by atoms with E-state index >= 15 is 0 Å². The van der Waals surface area contributed by atoms with Crippen molar-refractivity contribution in [3.05, 3.63) is 200 Å². The van der Waals surface area contributed by atoms with Gasteiger partial charge in [0, 0.05) is 69.6 Å². The molecule has 9 aromatic carbocycles. The number of hydrogen-bond donors (Lipinski definition) is 0. The van der Waals surface area contributed by atoms with Crippen LogP contribution < -0.4 is 0 Å². The van der Waals surface area contributed by atoms with Gasteiger partial charge in [-0.05, 0) is 96.1 Å². The topological polar surface area (TPSA) is 14.8 Å². The highest BCUT2D eigenvalue weighted by atomic mass is 32.1. The van der Waals surface area contributed by atoms with Crippen molar-refractivity contribution in [1.29, 1.82) is 0 Å². The molecule has 0 amide bonds. The van der Waals surface area contributed by atoms with E-state index in [0.717, 1.165) is 17.1 Å². The number of nitrogens with zero attached hydrogens (tertiary/aromatic N) is 3. The Balaban J connectivity index is 1.00. The molecule has 0 saturated carbocycles. The van der Waals surface area contributed by atoms with Crippen LogP contribution in [-0.2, 0) is 0 Å². The van der Waals surface area contributed by atoms with E-state index in [9.17, 15) is 0 Å². The summed E-state index contributed by atoms with van der Waals surface area (Å²) < 4.78 is 9.93. The van der Waals surface area contributed by atoms with Crippen molar-refractivity contribution in [2.75, 3.05) is 0 Å². The first-order valence-electron chi connectivity index (χ1n) is 19.8. The molecule has 0 fully saturated rings. The van der Waals surface area contributed by atoms with Crippen molar-refractivity contribution < 1.29 is 0 Å². The van der Waals surface area contributed by atoms with E-state index in [1.54, 1.807) is 0 Å². The summed E-state index contributed by atoms with van der Waals surface area (Å²) in [6.45, 7) is 0. The maximum Gasteiger partial charge on any atom is 0.0562 e. The maximum absolute atomic E-state index is 2.46. The van der Waals surface area contributed by atoms with Crippen LogP contribution in [0.5, 0.6) is 0 Å². The quantitative estimate of drug-likeness (QED) is 0.170. The van der Waals surface area contributed by atoms with Crippen LogP contribution in [0.3, 0.4) is 0 Å². The van der Waals surface area contributed by atoms with Gasteiger partial charge in [-0.2, -0.15) is 0 Å². The lowest BCUT2D eigenvalue weighted by Gasteiger charge is -2.13. The molecule has 0 saturated heterocycles. The van der Waals surface area contributed by atoms with E-state index < -0.39 is 0 Å². The van der Waals surface area contributed by atoms with Crippen LogP contribution in [0.1, 0.15) is 0 Å². The normalized spacial score (nSPS) is 12.1. The fraction of sp³-hybridized carbons (Fsp3) is 0. The number of para-hydroxylation sites is 4. The van der Waals surface area contributed by atoms with Crippen molar-refractivity contribution in [1.82, 2.24) is 13.7 Å². The summed E-state index contributed by atoms with van der Waals surface area (Å²) >= 11 is 1.87. The molecule has 4 heteroatoms. The van der Waals surface area contributed by atoms with Gasteiger partial charge in [-0.3, -0.25) is 0 Å². The smallest absolute Gasteiger partial charge is 0.0562 e. The SMILES string of the molecule is c1cc(-c2ccc3c(c2)sc2ccccc23)cc(-n2c3ccccc3c3cc4c5ccccc5n(-c5ccc(-n6c7ccccc7c7ccccc76)cc5)c4cc32)c1. The summed E-state index contributed by atoms with van der Waals surface area (Å²) in [5.74, 6) is 0. The highest BCUT2D eigenvalue weighted by Gasteiger charge is 2.19. The standard InChI is InChI=1S/C54H33N3S/c1-6-19-47-39(14-1)40-15-2-7-20-48(40)55(47)36-25-27-37(28-26-36)56-49-21-8-3-16-41(49)45-32-46-42-17-4-9-22-50(42)57(52(46)33-51(45)56)38-13-11-12-34(30-38)35-24-29-44-43-18-5-10-23-53(43)58-54(44)31-35/h1-33H. The van der Waals surface area contributed by atoms with Gasteiger partial charge < -0.3 is 13.7 Å². The van der Waals surface area contributed by atoms with Gasteiger partial charge in [0.05, 0.1) is 33.1 Å². The first kappa shape index (κ1) is 31.8. The zero-order valence-electron chi connectivity index (χ0n) is 31.3. The molecule has 0 aliphatic carbocycles. The van der Waals surface area contributed by atoms with Crippen LogP contribution >= 0.6 is 11.3 Å². The molecule has 58 heavy (non-hydrogen) atoms. The number of aromatic nitrogens is 3. The molecule has 0 aliphatic rings. The first-order valence-corrected chi connectivity index (χ1v) is 20.7. The Bertz CT molecular complexity index is 3740. The van der Waals surface area contributed by atoms with E-state index in [-0.39, 0.29) is 0 Å². The van der Waals surface area contributed by atoms with Gasteiger partial charge >= 0.3 is 0 Å². The van der Waals surface area contributed by atoms with Crippen LogP contribution in [-0.4, -0.2) is 13.7 Å². The predicted molar refractivity (Wildman–Crippen MR) is 248 cm³/mol. The number of rotatable bonds is 4. The van der Waals surface area contributed by atoms with Gasteiger partial charge in [0.1, 0.15) is 0 Å². The third kappa shape index (κ3) is 4.49. The lowest BCUT2D eigenvalue weighted by Crippen LogP contribution is -1.98. The highest BCUT2D eigenvalue weighted by molar-refractivity contribution is 7.25. The van der Waals surface area contributed by atoms with Crippen LogP contribution in [0.25, 0.3) is 114 Å². The zero-order valence-corrected chi connectivity index (χ0v) is 32.1. The number of benzene rings is 9. The molecular formula is C54H33N3S. The minimum Gasteiger partial charge on any atom is -0.309 e. The van der Waals surface area contributed by atoms with Crippen LogP contribution in [0.2, 0.25) is 0 Å². The van der Waals surface area contributed by atoms with Gasteiger partial charge in [-0.15, -0.1) is 11.3 Å². The summed E-state index contributed by atoms with van der Waals surface area (Å²) in [7, 11) is 0. The second-order valence-corrected chi connectivity index (χ2v) is 16.4. The maximum atomic E-state index is 2.46. The predicted octanol–water partition coefficient (Wildman–Crippen LogP) is 15.0. The number of thiophene rings is 1. The Morgan fingerprint density at radius 2 is 0.690 bits per heavy atom. The third-order valence-corrected chi connectivity index (χ3v) is 13.4. The van der Waals surface area contributed by atoms with Crippen LogP contribution in [0, 0.1) is 0 Å². The molecule has 0 atom stereocenters. The van der Waals surface area contributed by atoms with Crippen LogP contribution in [0.15, 0.2) is 200 Å². The van der Waals surface area contributed by atoms with Gasteiger partial charge in [0.25, 0.3) is 0 Å². The monoisotopic (exact) mass is 755 g/mol. The van der Waals surface area contributed by atoms with Crippen molar-refractivity contribution in [2.45, 2.75) is 0 Å². The Hall–Kier alpha value is -7.40. The zero-order chi connectivity index (χ0) is 37.9. The molecule has 13 aromatic rings. The van der Waals surface area contributed by atoms with Gasteiger partial charge in [-0.25, -0.2) is 0 Å². The third-order valence-electron chi connectivity index (χ3n) is 12.2.